The fourth-order valence-electron chi connectivity index (χ4n) is 2.44. The molecule has 0 spiro atoms. The predicted octanol–water partition coefficient (Wildman–Crippen LogP) is 1.99. The van der Waals surface area contributed by atoms with Crippen LogP contribution in [0.15, 0.2) is 24.5 Å². The molecule has 0 fully saturated rings. The third-order valence-corrected chi connectivity index (χ3v) is 3.81. The number of anilines is 2. The first-order valence-corrected chi connectivity index (χ1v) is 7.70. The molecule has 0 saturated heterocycles. The van der Waals surface area contributed by atoms with E-state index in [1.807, 2.05) is 0 Å². The number of hydrogen-bond donors (Lipinski definition) is 2. The number of nitrogens with zero attached hydrogens (tertiary/aromatic N) is 3. The molecule has 24 heavy (non-hydrogen) atoms. The van der Waals surface area contributed by atoms with Crippen molar-refractivity contribution in [3.8, 4) is 5.75 Å². The van der Waals surface area contributed by atoms with Gasteiger partial charge < -0.3 is 9.64 Å². The smallest absolute Gasteiger partial charge is 0.270 e. The molecule has 2 amide bonds. The number of benzene rings is 1. The molecule has 0 bridgehead atoms. The number of ether oxygens (including phenoxy) is 1. The molecule has 1 aromatic heterocycles. The van der Waals surface area contributed by atoms with Crippen LogP contribution < -0.4 is 15.0 Å². The lowest BCUT2D eigenvalue weighted by Crippen LogP contribution is -2.53. The van der Waals surface area contributed by atoms with Gasteiger partial charge in [-0.1, -0.05) is 11.6 Å². The third-order valence-electron chi connectivity index (χ3n) is 3.57. The van der Waals surface area contributed by atoms with Crippen LogP contribution in [0.25, 0.3) is 0 Å². The van der Waals surface area contributed by atoms with E-state index in [2.05, 4.69) is 20.5 Å². The van der Waals surface area contributed by atoms with E-state index in [4.69, 9.17) is 16.3 Å². The third kappa shape index (κ3) is 3.18. The number of H-pyrrole nitrogens is 1. The van der Waals surface area contributed by atoms with Crippen molar-refractivity contribution in [2.45, 2.75) is 25.9 Å². The standard InChI is InChI=1S/C15H16ClN5O3/c1-15(2)13(23)21(10-7-9(16)3-4-11(10)24-15)6-5-12(22)19-14-17-8-18-20-14/h3-4,7-8H,5-6H2,1-2H3,(H2,17,18,19,20,22). The van der Waals surface area contributed by atoms with Crippen LogP contribution in [0.2, 0.25) is 5.02 Å². The molecule has 0 unspecified atom stereocenters. The second-order valence-electron chi connectivity index (χ2n) is 5.81. The molecule has 9 heteroatoms. The molecule has 0 saturated carbocycles. The van der Waals surface area contributed by atoms with Crippen molar-refractivity contribution in [1.29, 1.82) is 0 Å². The van der Waals surface area contributed by atoms with Crippen molar-refractivity contribution in [2.24, 2.45) is 0 Å². The Labute approximate surface area is 143 Å². The number of fused-ring (bicyclic) bond motifs is 1. The summed E-state index contributed by atoms with van der Waals surface area (Å²) in [6, 6.07) is 5.06. The molecule has 0 radical (unpaired) electrons. The maximum absolute atomic E-state index is 12.6. The lowest BCUT2D eigenvalue weighted by atomic mass is 10.0. The van der Waals surface area contributed by atoms with Crippen LogP contribution in [-0.2, 0) is 9.59 Å². The Kier molecular flexibility index (Phi) is 4.15. The maximum atomic E-state index is 12.6. The largest absolute Gasteiger partial charge is 0.476 e. The highest BCUT2D eigenvalue weighted by Crippen LogP contribution is 2.39. The minimum atomic E-state index is -1.01. The van der Waals surface area contributed by atoms with Crippen molar-refractivity contribution in [3.63, 3.8) is 0 Å². The lowest BCUT2D eigenvalue weighted by Gasteiger charge is -2.38. The van der Waals surface area contributed by atoms with Crippen LogP contribution in [0.5, 0.6) is 5.75 Å². The lowest BCUT2D eigenvalue weighted by molar-refractivity contribution is -0.132. The molecule has 1 aliphatic heterocycles. The molecule has 3 rings (SSSR count). The van der Waals surface area contributed by atoms with E-state index in [1.165, 1.54) is 11.2 Å². The molecule has 1 aromatic carbocycles. The number of carbonyl (C=O) groups excluding carboxylic acids is 2. The SMILES string of the molecule is CC1(C)Oc2ccc(Cl)cc2N(CCC(=O)Nc2ncn[nH]2)C1=O. The van der Waals surface area contributed by atoms with Gasteiger partial charge in [-0.3, -0.25) is 14.9 Å². The zero-order valence-corrected chi connectivity index (χ0v) is 13.9. The number of hydrogen-bond acceptors (Lipinski definition) is 5. The van der Waals surface area contributed by atoms with Crippen LogP contribution in [0.4, 0.5) is 11.6 Å². The Morgan fingerprint density at radius 1 is 1.46 bits per heavy atom. The monoisotopic (exact) mass is 349 g/mol. The van der Waals surface area contributed by atoms with Gasteiger partial charge in [0, 0.05) is 18.0 Å². The molecule has 126 valence electrons. The number of halogens is 1. The van der Waals surface area contributed by atoms with Gasteiger partial charge in [0.15, 0.2) is 5.60 Å². The summed E-state index contributed by atoms with van der Waals surface area (Å²) < 4.78 is 5.74. The summed E-state index contributed by atoms with van der Waals surface area (Å²) in [7, 11) is 0. The maximum Gasteiger partial charge on any atom is 0.270 e. The second kappa shape index (κ2) is 6.12. The van der Waals surface area contributed by atoms with E-state index in [0.29, 0.717) is 16.5 Å². The zero-order chi connectivity index (χ0) is 17.3. The van der Waals surface area contributed by atoms with Crippen molar-refractivity contribution in [2.75, 3.05) is 16.8 Å². The van der Waals surface area contributed by atoms with E-state index >= 15 is 0 Å². The van der Waals surface area contributed by atoms with Gasteiger partial charge in [-0.05, 0) is 32.0 Å². The summed E-state index contributed by atoms with van der Waals surface area (Å²) in [4.78, 5) is 30.0. The predicted molar refractivity (Wildman–Crippen MR) is 88.1 cm³/mol. The minimum absolute atomic E-state index is 0.0917. The topological polar surface area (TPSA) is 100 Å². The highest BCUT2D eigenvalue weighted by molar-refractivity contribution is 6.31. The molecule has 0 atom stereocenters. The Hall–Kier alpha value is -2.61. The highest BCUT2D eigenvalue weighted by atomic mass is 35.5. The normalized spacial score (nSPS) is 15.6. The first-order chi connectivity index (χ1) is 11.4. The first kappa shape index (κ1) is 16.3. The molecule has 2 heterocycles. The summed E-state index contributed by atoms with van der Waals surface area (Å²) in [6.45, 7) is 3.57. The number of carbonyl (C=O) groups is 2. The van der Waals surface area contributed by atoms with E-state index in [1.54, 1.807) is 32.0 Å². The van der Waals surface area contributed by atoms with E-state index in [9.17, 15) is 9.59 Å². The number of aromatic amines is 1. The summed E-state index contributed by atoms with van der Waals surface area (Å²) >= 11 is 6.03. The van der Waals surface area contributed by atoms with Crippen molar-refractivity contribution in [1.82, 2.24) is 15.2 Å². The van der Waals surface area contributed by atoms with Gasteiger partial charge in [0.1, 0.15) is 12.1 Å². The average Bonchev–Trinajstić information content (AvgIpc) is 3.01. The van der Waals surface area contributed by atoms with Gasteiger partial charge >= 0.3 is 0 Å². The average molecular weight is 350 g/mol. The van der Waals surface area contributed by atoms with Gasteiger partial charge in [0.05, 0.1) is 5.69 Å². The summed E-state index contributed by atoms with van der Waals surface area (Å²) in [5, 5.41) is 9.25. The Morgan fingerprint density at radius 3 is 2.96 bits per heavy atom. The Morgan fingerprint density at radius 2 is 2.25 bits per heavy atom. The zero-order valence-electron chi connectivity index (χ0n) is 13.2. The number of nitrogens with one attached hydrogen (secondary N) is 2. The molecular formula is C15H16ClN5O3. The molecule has 0 aliphatic carbocycles. The summed E-state index contributed by atoms with van der Waals surface area (Å²) in [5.41, 5.74) is -0.457. The van der Waals surface area contributed by atoms with Crippen LogP contribution in [0, 0.1) is 0 Å². The van der Waals surface area contributed by atoms with Crippen molar-refractivity contribution >= 4 is 35.1 Å². The van der Waals surface area contributed by atoms with Gasteiger partial charge in [-0.15, -0.1) is 0 Å². The highest BCUT2D eigenvalue weighted by Gasteiger charge is 2.40. The molecule has 8 nitrogen and oxygen atoms in total. The Balaban J connectivity index is 1.77. The van der Waals surface area contributed by atoms with Crippen LogP contribution in [0.1, 0.15) is 20.3 Å². The number of aromatic nitrogens is 3. The summed E-state index contributed by atoms with van der Waals surface area (Å²) in [6.07, 6.45) is 1.39. The Bertz CT molecular complexity index is 775. The minimum Gasteiger partial charge on any atom is -0.476 e. The molecule has 1 aliphatic rings. The van der Waals surface area contributed by atoms with Gasteiger partial charge in [-0.25, -0.2) is 5.10 Å². The quantitative estimate of drug-likeness (QED) is 0.879. The van der Waals surface area contributed by atoms with Gasteiger partial charge in [-0.2, -0.15) is 10.1 Å². The van der Waals surface area contributed by atoms with E-state index < -0.39 is 5.60 Å². The van der Waals surface area contributed by atoms with E-state index in [-0.39, 0.29) is 30.7 Å². The van der Waals surface area contributed by atoms with Crippen molar-refractivity contribution in [3.05, 3.63) is 29.5 Å². The van der Waals surface area contributed by atoms with Crippen molar-refractivity contribution < 1.29 is 14.3 Å². The molecule has 2 aromatic rings. The molecular weight excluding hydrogens is 334 g/mol. The van der Waals surface area contributed by atoms with Gasteiger partial charge in [0.2, 0.25) is 11.9 Å². The molecule has 2 N–H and O–H groups in total. The van der Waals surface area contributed by atoms with E-state index in [0.717, 1.165) is 0 Å². The number of amides is 2. The second-order valence-corrected chi connectivity index (χ2v) is 6.25. The fraction of sp³-hybridized carbons (Fsp3) is 0.333. The van der Waals surface area contributed by atoms with Gasteiger partial charge in [0.25, 0.3) is 5.91 Å². The fourth-order valence-corrected chi connectivity index (χ4v) is 2.60. The van der Waals surface area contributed by atoms with Crippen LogP contribution in [-0.4, -0.2) is 39.1 Å². The van der Waals surface area contributed by atoms with Crippen LogP contribution >= 0.6 is 11.6 Å². The van der Waals surface area contributed by atoms with Crippen LogP contribution in [0.3, 0.4) is 0 Å². The first-order valence-electron chi connectivity index (χ1n) is 7.32. The number of rotatable bonds is 4. The summed E-state index contributed by atoms with van der Waals surface area (Å²) in [5.74, 6) is 0.300.